The second-order valence-corrected chi connectivity index (χ2v) is 7.51. The molecule has 0 bridgehead atoms. The van der Waals surface area contributed by atoms with E-state index in [0.29, 0.717) is 9.55 Å². The molecule has 0 fully saturated rings. The van der Waals surface area contributed by atoms with Crippen LogP contribution in [0.15, 0.2) is 70.3 Å². The average molecular weight is 408 g/mol. The largest absolute Gasteiger partial charge is 0.296 e. The molecule has 0 aliphatic heterocycles. The van der Waals surface area contributed by atoms with Crippen LogP contribution >= 0.6 is 22.9 Å². The molecule has 0 unspecified atom stereocenters. The van der Waals surface area contributed by atoms with Crippen molar-refractivity contribution in [3.63, 3.8) is 0 Å². The second kappa shape index (κ2) is 7.88. The first-order valence-corrected chi connectivity index (χ1v) is 9.70. The summed E-state index contributed by atoms with van der Waals surface area (Å²) < 4.78 is 1.66. The van der Waals surface area contributed by atoms with Gasteiger partial charge >= 0.3 is 0 Å². The topological polar surface area (TPSA) is 64.3 Å². The third kappa shape index (κ3) is 3.93. The molecule has 0 amide bonds. The molecule has 2 aromatic heterocycles. The molecular weight excluding hydrogens is 394 g/mol. The standard InChI is InChI=1S/C21H14ClN3O2S/c22-16-11-9-15(10-12-16)13-17-19(26)23-21-25(24-17)20(27)18(28-21)8-4-7-14-5-2-1-3-6-14/h1-12H,13H2. The lowest BCUT2D eigenvalue weighted by Crippen LogP contribution is -2.27. The minimum Gasteiger partial charge on any atom is -0.266 e. The van der Waals surface area contributed by atoms with Gasteiger partial charge < -0.3 is 0 Å². The number of hydrogen-bond acceptors (Lipinski definition) is 5. The second-order valence-electron chi connectivity index (χ2n) is 6.07. The predicted octanol–water partition coefficient (Wildman–Crippen LogP) is 2.97. The van der Waals surface area contributed by atoms with Crippen molar-refractivity contribution >= 4 is 40.1 Å². The normalized spacial score (nSPS) is 12.2. The van der Waals surface area contributed by atoms with E-state index in [4.69, 9.17) is 11.6 Å². The smallest absolute Gasteiger partial charge is 0.266 e. The fourth-order valence-electron chi connectivity index (χ4n) is 2.67. The van der Waals surface area contributed by atoms with E-state index in [9.17, 15) is 9.59 Å². The van der Waals surface area contributed by atoms with E-state index >= 15 is 0 Å². The van der Waals surface area contributed by atoms with Crippen molar-refractivity contribution in [2.24, 2.45) is 0 Å². The monoisotopic (exact) mass is 407 g/mol. The summed E-state index contributed by atoms with van der Waals surface area (Å²) in [6.07, 6.45) is 5.70. The summed E-state index contributed by atoms with van der Waals surface area (Å²) in [5.74, 6) is 0. The molecule has 0 N–H and O–H groups in total. The number of halogens is 1. The summed E-state index contributed by atoms with van der Waals surface area (Å²) in [6.45, 7) is 0. The van der Waals surface area contributed by atoms with Gasteiger partial charge in [0.2, 0.25) is 4.96 Å². The first-order chi connectivity index (χ1) is 13.6. The molecule has 0 radical (unpaired) electrons. The summed E-state index contributed by atoms with van der Waals surface area (Å²) in [6, 6.07) is 16.9. The predicted molar refractivity (Wildman–Crippen MR) is 113 cm³/mol. The van der Waals surface area contributed by atoms with Crippen LogP contribution in [0.3, 0.4) is 0 Å². The Bertz CT molecular complexity index is 1330. The number of thiazole rings is 1. The van der Waals surface area contributed by atoms with Crippen LogP contribution in [0.25, 0.3) is 17.1 Å². The van der Waals surface area contributed by atoms with Gasteiger partial charge in [0.05, 0.1) is 4.53 Å². The molecule has 4 aromatic rings. The van der Waals surface area contributed by atoms with Crippen LogP contribution in [0.2, 0.25) is 5.02 Å². The van der Waals surface area contributed by atoms with E-state index in [1.165, 1.54) is 4.52 Å². The van der Waals surface area contributed by atoms with Gasteiger partial charge in [0.1, 0.15) is 5.69 Å². The highest BCUT2D eigenvalue weighted by atomic mass is 35.5. The number of aromatic nitrogens is 3. The molecule has 28 heavy (non-hydrogen) atoms. The number of nitrogens with zero attached hydrogens (tertiary/aromatic N) is 3. The molecule has 0 atom stereocenters. The quantitative estimate of drug-likeness (QED) is 0.521. The Kier molecular flexibility index (Phi) is 5.14. The fraction of sp³-hybridized carbons (Fsp3) is 0.0476. The molecule has 0 aliphatic carbocycles. The van der Waals surface area contributed by atoms with Crippen molar-refractivity contribution in [3.05, 3.63) is 108 Å². The SMILES string of the molecule is O=c1nc2sc(=CC=Cc3ccccc3)c(=O)n2nc1Cc1ccc(Cl)cc1. The van der Waals surface area contributed by atoms with Crippen molar-refractivity contribution in [1.29, 1.82) is 0 Å². The fourth-order valence-corrected chi connectivity index (χ4v) is 3.65. The Hall–Kier alpha value is -3.09. The Morgan fingerprint density at radius 1 is 1.04 bits per heavy atom. The molecular formula is C21H14ClN3O2S. The molecule has 0 saturated heterocycles. The van der Waals surface area contributed by atoms with Gasteiger partial charge in [-0.15, -0.1) is 0 Å². The number of allylic oxidation sites excluding steroid dienone is 1. The van der Waals surface area contributed by atoms with Gasteiger partial charge in [-0.25, -0.2) is 0 Å². The number of rotatable bonds is 4. The minimum absolute atomic E-state index is 0.223. The molecule has 0 spiro atoms. The van der Waals surface area contributed by atoms with Crippen molar-refractivity contribution in [3.8, 4) is 0 Å². The number of fused-ring (bicyclic) bond motifs is 1. The Labute approximate surface area is 168 Å². The maximum atomic E-state index is 12.6. The van der Waals surface area contributed by atoms with E-state index in [1.54, 1.807) is 24.3 Å². The van der Waals surface area contributed by atoms with Crippen LogP contribution < -0.4 is 15.7 Å². The van der Waals surface area contributed by atoms with E-state index in [1.807, 2.05) is 48.5 Å². The van der Waals surface area contributed by atoms with Crippen molar-refractivity contribution < 1.29 is 0 Å². The average Bonchev–Trinajstić information content (AvgIpc) is 3.00. The number of benzene rings is 2. The third-order valence-corrected chi connectivity index (χ3v) is 5.30. The van der Waals surface area contributed by atoms with Crippen molar-refractivity contribution in [2.45, 2.75) is 6.42 Å². The van der Waals surface area contributed by atoms with E-state index in [-0.39, 0.29) is 22.6 Å². The zero-order chi connectivity index (χ0) is 19.5. The molecule has 138 valence electrons. The van der Waals surface area contributed by atoms with Gasteiger partial charge in [-0.3, -0.25) is 9.59 Å². The lowest BCUT2D eigenvalue weighted by Gasteiger charge is -2.00. The van der Waals surface area contributed by atoms with Crippen LogP contribution in [0.5, 0.6) is 0 Å². The molecule has 0 aliphatic rings. The van der Waals surface area contributed by atoms with Crippen LogP contribution in [-0.4, -0.2) is 14.6 Å². The number of hydrogen-bond donors (Lipinski definition) is 0. The zero-order valence-corrected chi connectivity index (χ0v) is 16.2. The highest BCUT2D eigenvalue weighted by Crippen LogP contribution is 2.11. The van der Waals surface area contributed by atoms with Crippen LogP contribution in [-0.2, 0) is 6.42 Å². The highest BCUT2D eigenvalue weighted by Gasteiger charge is 2.11. The Morgan fingerprint density at radius 3 is 2.54 bits per heavy atom. The van der Waals surface area contributed by atoms with E-state index < -0.39 is 5.56 Å². The van der Waals surface area contributed by atoms with E-state index in [2.05, 4.69) is 10.1 Å². The summed E-state index contributed by atoms with van der Waals surface area (Å²) in [5, 5.41) is 4.86. The molecule has 2 aromatic carbocycles. The maximum absolute atomic E-state index is 12.6. The highest BCUT2D eigenvalue weighted by molar-refractivity contribution is 7.15. The molecule has 0 saturated carbocycles. The van der Waals surface area contributed by atoms with Crippen LogP contribution in [0.4, 0.5) is 0 Å². The van der Waals surface area contributed by atoms with Gasteiger partial charge in [0.25, 0.3) is 11.1 Å². The van der Waals surface area contributed by atoms with Crippen LogP contribution in [0, 0.1) is 0 Å². The first kappa shape index (κ1) is 18.3. The lowest BCUT2D eigenvalue weighted by atomic mass is 10.1. The van der Waals surface area contributed by atoms with E-state index in [0.717, 1.165) is 22.5 Å². The molecule has 4 rings (SSSR count). The van der Waals surface area contributed by atoms with Crippen molar-refractivity contribution in [1.82, 2.24) is 14.6 Å². The Morgan fingerprint density at radius 2 is 1.79 bits per heavy atom. The first-order valence-electron chi connectivity index (χ1n) is 8.51. The minimum atomic E-state index is -0.428. The van der Waals surface area contributed by atoms with Gasteiger partial charge in [0.15, 0.2) is 0 Å². The van der Waals surface area contributed by atoms with Gasteiger partial charge in [-0.05, 0) is 29.3 Å². The summed E-state index contributed by atoms with van der Waals surface area (Å²) >= 11 is 7.03. The molecule has 7 heteroatoms. The van der Waals surface area contributed by atoms with Gasteiger partial charge in [-0.2, -0.15) is 14.6 Å². The Balaban J connectivity index is 1.70. The summed E-state index contributed by atoms with van der Waals surface area (Å²) in [4.78, 5) is 29.2. The van der Waals surface area contributed by atoms with Gasteiger partial charge in [0, 0.05) is 11.4 Å². The third-order valence-electron chi connectivity index (χ3n) is 4.07. The van der Waals surface area contributed by atoms with Gasteiger partial charge in [-0.1, -0.05) is 77.6 Å². The van der Waals surface area contributed by atoms with Crippen LogP contribution in [0.1, 0.15) is 16.8 Å². The zero-order valence-electron chi connectivity index (χ0n) is 14.6. The lowest BCUT2D eigenvalue weighted by molar-refractivity contribution is 0.811. The summed E-state index contributed by atoms with van der Waals surface area (Å²) in [7, 11) is 0. The molecule has 2 heterocycles. The summed E-state index contributed by atoms with van der Waals surface area (Å²) in [5.41, 5.74) is 1.41. The molecule has 5 nitrogen and oxygen atoms in total. The maximum Gasteiger partial charge on any atom is 0.296 e. The van der Waals surface area contributed by atoms with Crippen molar-refractivity contribution in [2.75, 3.05) is 0 Å².